The first-order chi connectivity index (χ1) is 7.81. The van der Waals surface area contributed by atoms with Crippen LogP contribution in [0.15, 0.2) is 24.5 Å². The molecule has 0 radical (unpaired) electrons. The lowest BCUT2D eigenvalue weighted by atomic mass is 10.1. The molecule has 1 saturated heterocycles. The molecule has 2 heterocycles. The van der Waals surface area contributed by atoms with Crippen molar-refractivity contribution in [3.63, 3.8) is 0 Å². The lowest BCUT2D eigenvalue weighted by molar-refractivity contribution is 0.224. The van der Waals surface area contributed by atoms with Crippen molar-refractivity contribution in [3.05, 3.63) is 30.1 Å². The van der Waals surface area contributed by atoms with Crippen molar-refractivity contribution in [3.8, 4) is 0 Å². The average molecular weight is 219 g/mol. The standard InChI is InChI=1S/C13H21N3/c1-11(8-14)10-16-7-3-5-13(16)12-4-2-6-15-9-12/h2,4,6,9,11,13H,3,5,7-8,10,14H2,1H3. The summed E-state index contributed by atoms with van der Waals surface area (Å²) in [6.45, 7) is 5.30. The van der Waals surface area contributed by atoms with Crippen LogP contribution in [-0.2, 0) is 0 Å². The molecule has 3 nitrogen and oxygen atoms in total. The van der Waals surface area contributed by atoms with Crippen molar-refractivity contribution in [2.24, 2.45) is 11.7 Å². The third-order valence-electron chi connectivity index (χ3n) is 3.38. The predicted molar refractivity (Wildman–Crippen MR) is 66.0 cm³/mol. The second-order valence-corrected chi connectivity index (χ2v) is 4.78. The Labute approximate surface area is 97.7 Å². The number of likely N-dealkylation sites (tertiary alicyclic amines) is 1. The van der Waals surface area contributed by atoms with Gasteiger partial charge in [-0.05, 0) is 43.5 Å². The van der Waals surface area contributed by atoms with Gasteiger partial charge in [-0.2, -0.15) is 0 Å². The minimum Gasteiger partial charge on any atom is -0.330 e. The summed E-state index contributed by atoms with van der Waals surface area (Å²) in [7, 11) is 0. The Bertz CT molecular complexity index is 312. The van der Waals surface area contributed by atoms with E-state index in [2.05, 4.69) is 22.9 Å². The van der Waals surface area contributed by atoms with Crippen molar-refractivity contribution >= 4 is 0 Å². The van der Waals surface area contributed by atoms with E-state index in [1.807, 2.05) is 18.5 Å². The fraction of sp³-hybridized carbons (Fsp3) is 0.615. The van der Waals surface area contributed by atoms with E-state index in [0.29, 0.717) is 12.0 Å². The van der Waals surface area contributed by atoms with Gasteiger partial charge < -0.3 is 5.73 Å². The highest BCUT2D eigenvalue weighted by molar-refractivity contribution is 5.15. The summed E-state index contributed by atoms with van der Waals surface area (Å²) in [5.41, 5.74) is 7.05. The minimum absolute atomic E-state index is 0.558. The van der Waals surface area contributed by atoms with Gasteiger partial charge >= 0.3 is 0 Å². The number of pyridine rings is 1. The van der Waals surface area contributed by atoms with E-state index >= 15 is 0 Å². The second-order valence-electron chi connectivity index (χ2n) is 4.78. The summed E-state index contributed by atoms with van der Waals surface area (Å²) in [5.74, 6) is 0.581. The predicted octanol–water partition coefficient (Wildman–Crippen LogP) is 1.81. The van der Waals surface area contributed by atoms with Crippen molar-refractivity contribution in [1.82, 2.24) is 9.88 Å². The molecule has 3 heteroatoms. The fourth-order valence-electron chi connectivity index (χ4n) is 2.47. The summed E-state index contributed by atoms with van der Waals surface area (Å²) >= 11 is 0. The lowest BCUT2D eigenvalue weighted by Crippen LogP contribution is -2.31. The number of nitrogens with zero attached hydrogens (tertiary/aromatic N) is 2. The summed E-state index contributed by atoms with van der Waals surface area (Å²) < 4.78 is 0. The van der Waals surface area contributed by atoms with Crippen LogP contribution in [0.2, 0.25) is 0 Å². The van der Waals surface area contributed by atoms with E-state index in [-0.39, 0.29) is 0 Å². The van der Waals surface area contributed by atoms with Gasteiger partial charge in [0.1, 0.15) is 0 Å². The van der Waals surface area contributed by atoms with E-state index in [1.54, 1.807) is 0 Å². The van der Waals surface area contributed by atoms with Crippen molar-refractivity contribution in [1.29, 1.82) is 0 Å². The monoisotopic (exact) mass is 219 g/mol. The molecular formula is C13H21N3. The third-order valence-corrected chi connectivity index (χ3v) is 3.38. The Morgan fingerprint density at radius 1 is 1.62 bits per heavy atom. The molecule has 2 atom stereocenters. The zero-order valence-electron chi connectivity index (χ0n) is 9.97. The third kappa shape index (κ3) is 2.60. The van der Waals surface area contributed by atoms with Crippen LogP contribution in [0.1, 0.15) is 31.4 Å². The molecule has 0 aromatic carbocycles. The number of aromatic nitrogens is 1. The average Bonchev–Trinajstić information content (AvgIpc) is 2.78. The number of hydrogen-bond donors (Lipinski definition) is 1. The van der Waals surface area contributed by atoms with Gasteiger partial charge in [0.25, 0.3) is 0 Å². The van der Waals surface area contributed by atoms with Crippen LogP contribution in [0.25, 0.3) is 0 Å². The van der Waals surface area contributed by atoms with E-state index in [9.17, 15) is 0 Å². The largest absolute Gasteiger partial charge is 0.330 e. The van der Waals surface area contributed by atoms with Gasteiger partial charge in [0.05, 0.1) is 0 Å². The zero-order valence-corrected chi connectivity index (χ0v) is 9.97. The van der Waals surface area contributed by atoms with Crippen molar-refractivity contribution in [2.75, 3.05) is 19.6 Å². The van der Waals surface area contributed by atoms with Crippen LogP contribution in [0, 0.1) is 5.92 Å². The van der Waals surface area contributed by atoms with Gasteiger partial charge in [-0.15, -0.1) is 0 Å². The second kappa shape index (κ2) is 5.41. The van der Waals surface area contributed by atoms with E-state index in [0.717, 1.165) is 13.1 Å². The smallest absolute Gasteiger partial charge is 0.0363 e. The Balaban J connectivity index is 2.04. The van der Waals surface area contributed by atoms with Gasteiger partial charge in [-0.1, -0.05) is 13.0 Å². The Morgan fingerprint density at radius 2 is 2.50 bits per heavy atom. The van der Waals surface area contributed by atoms with Crippen molar-refractivity contribution in [2.45, 2.75) is 25.8 Å². The highest BCUT2D eigenvalue weighted by Gasteiger charge is 2.26. The molecule has 88 valence electrons. The number of hydrogen-bond acceptors (Lipinski definition) is 3. The molecular weight excluding hydrogens is 198 g/mol. The first-order valence-corrected chi connectivity index (χ1v) is 6.15. The van der Waals surface area contributed by atoms with Gasteiger partial charge in [0, 0.05) is 25.0 Å². The summed E-state index contributed by atoms with van der Waals surface area (Å²) in [6.07, 6.45) is 6.38. The Hall–Kier alpha value is -0.930. The van der Waals surface area contributed by atoms with Gasteiger partial charge in [0.15, 0.2) is 0 Å². The summed E-state index contributed by atoms with van der Waals surface area (Å²) in [5, 5.41) is 0. The van der Waals surface area contributed by atoms with Gasteiger partial charge in [-0.3, -0.25) is 9.88 Å². The van der Waals surface area contributed by atoms with Crippen LogP contribution >= 0.6 is 0 Å². The molecule has 1 aliphatic rings. The molecule has 2 rings (SSSR count). The zero-order chi connectivity index (χ0) is 11.4. The lowest BCUT2D eigenvalue weighted by Gasteiger charge is -2.27. The van der Waals surface area contributed by atoms with Crippen LogP contribution in [0.4, 0.5) is 0 Å². The van der Waals surface area contributed by atoms with Crippen LogP contribution < -0.4 is 5.73 Å². The summed E-state index contributed by atoms with van der Waals surface area (Å²) in [6, 6.07) is 4.77. The maximum absolute atomic E-state index is 5.70. The summed E-state index contributed by atoms with van der Waals surface area (Å²) in [4.78, 5) is 6.76. The van der Waals surface area contributed by atoms with E-state index in [4.69, 9.17) is 5.73 Å². The maximum Gasteiger partial charge on any atom is 0.0363 e. The fourth-order valence-corrected chi connectivity index (χ4v) is 2.47. The first-order valence-electron chi connectivity index (χ1n) is 6.15. The molecule has 0 saturated carbocycles. The molecule has 0 spiro atoms. The van der Waals surface area contributed by atoms with Crippen LogP contribution in [0.3, 0.4) is 0 Å². The highest BCUT2D eigenvalue weighted by Crippen LogP contribution is 2.31. The normalized spacial score (nSPS) is 23.5. The SMILES string of the molecule is CC(CN)CN1CCCC1c1cccnc1. The highest BCUT2D eigenvalue weighted by atomic mass is 15.2. The molecule has 0 bridgehead atoms. The number of rotatable bonds is 4. The van der Waals surface area contributed by atoms with E-state index in [1.165, 1.54) is 24.9 Å². The van der Waals surface area contributed by atoms with Gasteiger partial charge in [0.2, 0.25) is 0 Å². The molecule has 2 N–H and O–H groups in total. The molecule has 16 heavy (non-hydrogen) atoms. The Kier molecular flexibility index (Phi) is 3.91. The van der Waals surface area contributed by atoms with Crippen molar-refractivity contribution < 1.29 is 0 Å². The number of nitrogens with two attached hydrogens (primary N) is 1. The van der Waals surface area contributed by atoms with Crippen LogP contribution in [0.5, 0.6) is 0 Å². The molecule has 0 amide bonds. The molecule has 1 fully saturated rings. The van der Waals surface area contributed by atoms with E-state index < -0.39 is 0 Å². The topological polar surface area (TPSA) is 42.1 Å². The van der Waals surface area contributed by atoms with Gasteiger partial charge in [-0.25, -0.2) is 0 Å². The maximum atomic E-state index is 5.70. The molecule has 1 aromatic rings. The quantitative estimate of drug-likeness (QED) is 0.840. The minimum atomic E-state index is 0.558. The Morgan fingerprint density at radius 3 is 3.19 bits per heavy atom. The molecule has 2 unspecified atom stereocenters. The molecule has 1 aromatic heterocycles. The molecule has 1 aliphatic heterocycles. The first kappa shape index (κ1) is 11.6. The van der Waals surface area contributed by atoms with Crippen LogP contribution in [-0.4, -0.2) is 29.5 Å². The molecule has 0 aliphatic carbocycles.